The monoisotopic (exact) mass is 222 g/mol. The minimum absolute atomic E-state index is 0.167. The molecule has 1 rings (SSSR count). The van der Waals surface area contributed by atoms with E-state index in [4.69, 9.17) is 10.5 Å². The quantitative estimate of drug-likeness (QED) is 0.805. The maximum absolute atomic E-state index is 10.8. The summed E-state index contributed by atoms with van der Waals surface area (Å²) in [4.78, 5) is 10.8. The molecule has 4 heteroatoms. The van der Waals surface area contributed by atoms with Crippen molar-refractivity contribution in [1.82, 2.24) is 5.32 Å². The van der Waals surface area contributed by atoms with Crippen LogP contribution in [0.4, 0.5) is 4.79 Å². The molecule has 1 atom stereocenters. The smallest absolute Gasteiger partial charge is 0.406 e. The minimum Gasteiger partial charge on any atom is -0.448 e. The van der Waals surface area contributed by atoms with Gasteiger partial charge in [0.25, 0.3) is 0 Å². The van der Waals surface area contributed by atoms with Crippen molar-refractivity contribution in [2.75, 3.05) is 13.7 Å². The molecule has 0 radical (unpaired) electrons. The second kappa shape index (κ2) is 6.12. The summed E-state index contributed by atoms with van der Waals surface area (Å²) in [6, 6.07) is 7.99. The zero-order valence-corrected chi connectivity index (χ0v) is 9.69. The van der Waals surface area contributed by atoms with Crippen LogP contribution in [0.2, 0.25) is 0 Å². The highest BCUT2D eigenvalue weighted by Crippen LogP contribution is 2.05. The van der Waals surface area contributed by atoms with Crippen molar-refractivity contribution in [3.8, 4) is 0 Å². The number of ether oxygens (including phenoxy) is 1. The highest BCUT2D eigenvalue weighted by Gasteiger charge is 2.07. The third-order valence-corrected chi connectivity index (χ3v) is 2.25. The average Bonchev–Trinajstić information content (AvgIpc) is 2.29. The number of carbonyl (C=O) groups excluding carboxylic acids is 1. The van der Waals surface area contributed by atoms with Gasteiger partial charge in [-0.15, -0.1) is 0 Å². The molecule has 0 spiro atoms. The Labute approximate surface area is 95.8 Å². The maximum atomic E-state index is 10.8. The molecule has 1 amide bonds. The molecule has 0 unspecified atom stereocenters. The summed E-state index contributed by atoms with van der Waals surface area (Å²) < 4.78 is 4.87. The predicted molar refractivity (Wildman–Crippen MR) is 63.3 cm³/mol. The minimum atomic E-state index is -0.445. The van der Waals surface area contributed by atoms with Crippen LogP contribution >= 0.6 is 0 Å². The first-order valence-electron chi connectivity index (χ1n) is 5.27. The summed E-state index contributed by atoms with van der Waals surface area (Å²) >= 11 is 0. The zero-order chi connectivity index (χ0) is 12.0. The van der Waals surface area contributed by atoms with Gasteiger partial charge in [0.1, 0.15) is 6.61 Å². The van der Waals surface area contributed by atoms with E-state index in [0.29, 0.717) is 6.42 Å². The van der Waals surface area contributed by atoms with Crippen LogP contribution in [0.3, 0.4) is 0 Å². The first-order chi connectivity index (χ1) is 7.61. The molecular formula is C12H18N2O2. The van der Waals surface area contributed by atoms with Gasteiger partial charge in [-0.3, -0.25) is 0 Å². The first-order valence-corrected chi connectivity index (χ1v) is 5.27. The van der Waals surface area contributed by atoms with Crippen LogP contribution in [0.1, 0.15) is 11.1 Å². The summed E-state index contributed by atoms with van der Waals surface area (Å²) in [5.74, 6) is 0. The fourth-order valence-electron chi connectivity index (χ4n) is 1.34. The first kappa shape index (κ1) is 12.5. The molecule has 3 N–H and O–H groups in total. The van der Waals surface area contributed by atoms with Gasteiger partial charge in [0.05, 0.1) is 0 Å². The number of aryl methyl sites for hydroxylation is 1. The van der Waals surface area contributed by atoms with Crippen molar-refractivity contribution < 1.29 is 9.53 Å². The number of alkyl carbamates (subject to hydrolysis) is 1. The number of benzene rings is 1. The summed E-state index contributed by atoms with van der Waals surface area (Å²) in [6.45, 7) is 2.27. The fraction of sp³-hybridized carbons (Fsp3) is 0.417. The SMILES string of the molecule is CNC(=O)OC[C@@H](N)Cc1ccc(C)cc1. The van der Waals surface area contributed by atoms with Crippen LogP contribution in [-0.4, -0.2) is 25.8 Å². The van der Waals surface area contributed by atoms with Crippen LogP contribution in [0.25, 0.3) is 0 Å². The molecule has 0 aliphatic rings. The van der Waals surface area contributed by atoms with Crippen molar-refractivity contribution >= 4 is 6.09 Å². The lowest BCUT2D eigenvalue weighted by molar-refractivity contribution is 0.141. The highest BCUT2D eigenvalue weighted by atomic mass is 16.5. The van der Waals surface area contributed by atoms with Crippen LogP contribution < -0.4 is 11.1 Å². The molecule has 0 aliphatic heterocycles. The van der Waals surface area contributed by atoms with Gasteiger partial charge < -0.3 is 15.8 Å². The van der Waals surface area contributed by atoms with E-state index in [-0.39, 0.29) is 12.6 Å². The fourth-order valence-corrected chi connectivity index (χ4v) is 1.34. The standard InChI is InChI=1S/C12H18N2O2/c1-9-3-5-10(6-4-9)7-11(13)8-16-12(15)14-2/h3-6,11H,7-8,13H2,1-2H3,(H,14,15)/t11-/m0/s1. The molecule has 1 aromatic carbocycles. The number of rotatable bonds is 4. The summed E-state index contributed by atoms with van der Waals surface area (Å²) in [6.07, 6.45) is 0.261. The van der Waals surface area contributed by atoms with Crippen molar-refractivity contribution in [3.05, 3.63) is 35.4 Å². The van der Waals surface area contributed by atoms with Gasteiger partial charge in [-0.05, 0) is 18.9 Å². The molecule has 16 heavy (non-hydrogen) atoms. The van der Waals surface area contributed by atoms with Gasteiger partial charge in [-0.25, -0.2) is 4.79 Å². The number of nitrogens with two attached hydrogens (primary N) is 1. The predicted octanol–water partition coefficient (Wildman–Crippen LogP) is 1.22. The number of hydrogen-bond acceptors (Lipinski definition) is 3. The summed E-state index contributed by atoms with van der Waals surface area (Å²) in [5, 5.41) is 2.37. The average molecular weight is 222 g/mol. The molecule has 0 heterocycles. The third kappa shape index (κ3) is 4.31. The Balaban J connectivity index is 2.36. The van der Waals surface area contributed by atoms with E-state index in [2.05, 4.69) is 5.32 Å². The van der Waals surface area contributed by atoms with E-state index in [0.717, 1.165) is 5.56 Å². The lowest BCUT2D eigenvalue weighted by Crippen LogP contribution is -2.32. The van der Waals surface area contributed by atoms with Crippen LogP contribution in [-0.2, 0) is 11.2 Å². The van der Waals surface area contributed by atoms with Gasteiger partial charge in [-0.2, -0.15) is 0 Å². The van der Waals surface area contributed by atoms with Gasteiger partial charge in [0.15, 0.2) is 0 Å². The molecule has 0 aromatic heterocycles. The summed E-state index contributed by atoms with van der Waals surface area (Å²) in [7, 11) is 1.52. The molecular weight excluding hydrogens is 204 g/mol. The number of carbonyl (C=O) groups is 1. The topological polar surface area (TPSA) is 64.3 Å². The summed E-state index contributed by atoms with van der Waals surface area (Å²) in [5.41, 5.74) is 8.21. The van der Waals surface area contributed by atoms with Crippen molar-refractivity contribution in [3.63, 3.8) is 0 Å². The number of hydrogen-bond donors (Lipinski definition) is 2. The van der Waals surface area contributed by atoms with E-state index >= 15 is 0 Å². The molecule has 0 fully saturated rings. The normalized spacial score (nSPS) is 11.9. The Hall–Kier alpha value is -1.55. The van der Waals surface area contributed by atoms with E-state index < -0.39 is 6.09 Å². The maximum Gasteiger partial charge on any atom is 0.406 e. The molecule has 88 valence electrons. The molecule has 0 saturated carbocycles. The van der Waals surface area contributed by atoms with E-state index in [1.807, 2.05) is 31.2 Å². The van der Waals surface area contributed by atoms with Gasteiger partial charge in [0, 0.05) is 13.1 Å². The Morgan fingerprint density at radius 3 is 2.62 bits per heavy atom. The lowest BCUT2D eigenvalue weighted by atomic mass is 10.1. The Bertz CT molecular complexity index is 335. The van der Waals surface area contributed by atoms with E-state index in [1.54, 1.807) is 0 Å². The second-order valence-corrected chi connectivity index (χ2v) is 3.80. The van der Waals surface area contributed by atoms with Gasteiger partial charge in [-0.1, -0.05) is 29.8 Å². The highest BCUT2D eigenvalue weighted by molar-refractivity contribution is 5.66. The zero-order valence-electron chi connectivity index (χ0n) is 9.69. The van der Waals surface area contributed by atoms with E-state index in [9.17, 15) is 4.79 Å². The lowest BCUT2D eigenvalue weighted by Gasteiger charge is -2.12. The Morgan fingerprint density at radius 1 is 1.44 bits per heavy atom. The van der Waals surface area contributed by atoms with Crippen LogP contribution in [0, 0.1) is 6.92 Å². The molecule has 4 nitrogen and oxygen atoms in total. The molecule has 0 saturated heterocycles. The molecule has 1 aromatic rings. The Morgan fingerprint density at radius 2 is 2.06 bits per heavy atom. The number of nitrogens with one attached hydrogen (secondary N) is 1. The van der Waals surface area contributed by atoms with Crippen LogP contribution in [0.15, 0.2) is 24.3 Å². The largest absolute Gasteiger partial charge is 0.448 e. The van der Waals surface area contributed by atoms with E-state index in [1.165, 1.54) is 12.6 Å². The van der Waals surface area contributed by atoms with Crippen molar-refractivity contribution in [2.24, 2.45) is 5.73 Å². The molecule has 0 bridgehead atoms. The second-order valence-electron chi connectivity index (χ2n) is 3.80. The number of amides is 1. The third-order valence-electron chi connectivity index (χ3n) is 2.25. The molecule has 0 aliphatic carbocycles. The Kier molecular flexibility index (Phi) is 4.79. The van der Waals surface area contributed by atoms with Crippen LogP contribution in [0.5, 0.6) is 0 Å². The van der Waals surface area contributed by atoms with Gasteiger partial charge in [0.2, 0.25) is 0 Å². The van der Waals surface area contributed by atoms with Crippen molar-refractivity contribution in [1.29, 1.82) is 0 Å². The van der Waals surface area contributed by atoms with Gasteiger partial charge >= 0.3 is 6.09 Å². The van der Waals surface area contributed by atoms with Crippen molar-refractivity contribution in [2.45, 2.75) is 19.4 Å².